The largest absolute Gasteiger partial charge is 0.460 e. The normalized spacial score (nSPS) is 21.2. The molecule has 0 saturated carbocycles. The van der Waals surface area contributed by atoms with Crippen LogP contribution in [0.5, 0.6) is 0 Å². The molecule has 1 aliphatic rings. The quantitative estimate of drug-likeness (QED) is 0.812. The Balaban J connectivity index is 1.90. The highest BCUT2D eigenvalue weighted by atomic mass is 35.5. The van der Waals surface area contributed by atoms with Crippen molar-refractivity contribution in [3.8, 4) is 0 Å². The number of esters is 1. The second kappa shape index (κ2) is 8.19. The van der Waals surface area contributed by atoms with E-state index in [2.05, 4.69) is 10.2 Å². The van der Waals surface area contributed by atoms with Crippen LogP contribution in [-0.4, -0.2) is 42.0 Å². The fourth-order valence-electron chi connectivity index (χ4n) is 3.13. The van der Waals surface area contributed by atoms with Crippen LogP contribution in [0.4, 0.5) is 0 Å². The Kier molecular flexibility index (Phi) is 6.47. The van der Waals surface area contributed by atoms with Crippen molar-refractivity contribution in [1.29, 1.82) is 0 Å². The highest BCUT2D eigenvalue weighted by Crippen LogP contribution is 2.31. The maximum atomic E-state index is 12.2. The van der Waals surface area contributed by atoms with Gasteiger partial charge in [-0.05, 0) is 51.9 Å². The van der Waals surface area contributed by atoms with Crippen LogP contribution in [0.25, 0.3) is 0 Å². The molecule has 6 heteroatoms. The van der Waals surface area contributed by atoms with E-state index in [1.807, 2.05) is 52.1 Å². The maximum absolute atomic E-state index is 12.2. The molecule has 1 amide bonds. The van der Waals surface area contributed by atoms with Gasteiger partial charge in [0.25, 0.3) is 0 Å². The van der Waals surface area contributed by atoms with Gasteiger partial charge in [0.1, 0.15) is 5.60 Å². The molecule has 1 aliphatic heterocycles. The lowest BCUT2D eigenvalue weighted by Gasteiger charge is -2.26. The zero-order valence-corrected chi connectivity index (χ0v) is 16.1. The summed E-state index contributed by atoms with van der Waals surface area (Å²) in [7, 11) is 2.05. The number of nitrogens with zero attached hydrogens (tertiary/aromatic N) is 1. The number of likely N-dealkylation sites (N-methyl/N-ethyl adjacent to an activating group) is 1. The average molecular weight is 367 g/mol. The molecule has 138 valence electrons. The summed E-state index contributed by atoms with van der Waals surface area (Å²) in [6.07, 6.45) is 1.11. The SMILES string of the molecule is CN1CC[C@H](NC(=O)CCC(=O)OC(C)(C)C)[C@@H]1c1ccc(Cl)cc1. The topological polar surface area (TPSA) is 58.6 Å². The van der Waals surface area contributed by atoms with E-state index < -0.39 is 5.60 Å². The number of amides is 1. The van der Waals surface area contributed by atoms with Gasteiger partial charge in [0.05, 0.1) is 12.5 Å². The lowest BCUT2D eigenvalue weighted by molar-refractivity contribution is -0.155. The van der Waals surface area contributed by atoms with Gasteiger partial charge in [-0.1, -0.05) is 23.7 Å². The first-order valence-electron chi connectivity index (χ1n) is 8.62. The number of likely N-dealkylation sites (tertiary alicyclic amines) is 1. The zero-order valence-electron chi connectivity index (χ0n) is 15.3. The van der Waals surface area contributed by atoms with Gasteiger partial charge >= 0.3 is 5.97 Å². The van der Waals surface area contributed by atoms with E-state index in [1.54, 1.807) is 0 Å². The van der Waals surface area contributed by atoms with Crippen LogP contribution in [0.2, 0.25) is 5.02 Å². The predicted octanol–water partition coefficient (Wildman–Crippen LogP) is 3.32. The van der Waals surface area contributed by atoms with Crippen molar-refractivity contribution in [2.24, 2.45) is 0 Å². The summed E-state index contributed by atoms with van der Waals surface area (Å²) >= 11 is 5.96. The van der Waals surface area contributed by atoms with E-state index in [0.717, 1.165) is 18.5 Å². The molecule has 25 heavy (non-hydrogen) atoms. The Morgan fingerprint density at radius 1 is 1.24 bits per heavy atom. The Hall–Kier alpha value is -1.59. The van der Waals surface area contributed by atoms with Crippen LogP contribution in [0, 0.1) is 0 Å². The molecule has 1 aromatic carbocycles. The first kappa shape index (κ1) is 19.7. The average Bonchev–Trinajstić information content (AvgIpc) is 2.85. The van der Waals surface area contributed by atoms with Gasteiger partial charge in [-0.25, -0.2) is 0 Å². The standard InChI is InChI=1S/C19H27ClN2O3/c1-19(2,3)25-17(24)10-9-16(23)21-15-11-12-22(4)18(15)13-5-7-14(20)8-6-13/h5-8,15,18H,9-12H2,1-4H3,(H,21,23)/t15-,18-/m0/s1. The van der Waals surface area contributed by atoms with Crippen molar-refractivity contribution in [2.75, 3.05) is 13.6 Å². The van der Waals surface area contributed by atoms with Crippen molar-refractivity contribution >= 4 is 23.5 Å². The minimum Gasteiger partial charge on any atom is -0.460 e. The molecule has 2 atom stereocenters. The van der Waals surface area contributed by atoms with Gasteiger partial charge in [-0.3, -0.25) is 14.5 Å². The Morgan fingerprint density at radius 3 is 2.48 bits per heavy atom. The van der Waals surface area contributed by atoms with E-state index in [4.69, 9.17) is 16.3 Å². The van der Waals surface area contributed by atoms with E-state index in [-0.39, 0.29) is 36.8 Å². The number of hydrogen-bond donors (Lipinski definition) is 1. The van der Waals surface area contributed by atoms with Crippen LogP contribution in [0.3, 0.4) is 0 Å². The Labute approximate surface area is 154 Å². The minimum absolute atomic E-state index is 0.0253. The minimum atomic E-state index is -0.526. The van der Waals surface area contributed by atoms with Crippen LogP contribution in [0.1, 0.15) is 51.6 Å². The van der Waals surface area contributed by atoms with E-state index in [0.29, 0.717) is 5.02 Å². The Bertz CT molecular complexity index is 610. The fourth-order valence-corrected chi connectivity index (χ4v) is 3.26. The van der Waals surface area contributed by atoms with E-state index >= 15 is 0 Å². The third kappa shape index (κ3) is 6.01. The van der Waals surface area contributed by atoms with Crippen molar-refractivity contribution in [3.05, 3.63) is 34.9 Å². The lowest BCUT2D eigenvalue weighted by atomic mass is 10.00. The summed E-state index contributed by atoms with van der Waals surface area (Å²) in [6, 6.07) is 7.86. The molecule has 1 fully saturated rings. The van der Waals surface area contributed by atoms with Crippen molar-refractivity contribution in [3.63, 3.8) is 0 Å². The number of benzene rings is 1. The molecule has 0 aliphatic carbocycles. The Morgan fingerprint density at radius 2 is 1.88 bits per heavy atom. The molecule has 2 rings (SSSR count). The van der Waals surface area contributed by atoms with Gasteiger partial charge in [-0.2, -0.15) is 0 Å². The number of rotatable bonds is 5. The first-order valence-corrected chi connectivity index (χ1v) is 9.00. The van der Waals surface area contributed by atoms with Gasteiger partial charge in [-0.15, -0.1) is 0 Å². The predicted molar refractivity (Wildman–Crippen MR) is 98.4 cm³/mol. The number of carbonyl (C=O) groups is 2. The summed E-state index contributed by atoms with van der Waals surface area (Å²) in [5.41, 5.74) is 0.600. The summed E-state index contributed by atoms with van der Waals surface area (Å²) in [4.78, 5) is 26.2. The van der Waals surface area contributed by atoms with Crippen molar-refractivity contribution in [1.82, 2.24) is 10.2 Å². The van der Waals surface area contributed by atoms with Crippen LogP contribution in [-0.2, 0) is 14.3 Å². The molecule has 1 aromatic rings. The number of nitrogens with one attached hydrogen (secondary N) is 1. The molecule has 5 nitrogen and oxygen atoms in total. The number of halogens is 1. The molecular formula is C19H27ClN2O3. The molecule has 0 aromatic heterocycles. The van der Waals surface area contributed by atoms with Gasteiger partial charge in [0, 0.05) is 24.0 Å². The molecule has 0 unspecified atom stereocenters. The molecule has 0 bridgehead atoms. The van der Waals surface area contributed by atoms with Gasteiger partial charge in [0.15, 0.2) is 0 Å². The fraction of sp³-hybridized carbons (Fsp3) is 0.579. The highest BCUT2D eigenvalue weighted by molar-refractivity contribution is 6.30. The van der Waals surface area contributed by atoms with Gasteiger partial charge < -0.3 is 10.1 Å². The molecule has 1 saturated heterocycles. The molecular weight excluding hydrogens is 340 g/mol. The molecule has 0 radical (unpaired) electrons. The van der Waals surface area contributed by atoms with Crippen molar-refractivity contribution < 1.29 is 14.3 Å². The molecule has 1 N–H and O–H groups in total. The smallest absolute Gasteiger partial charge is 0.306 e. The third-order valence-corrected chi connectivity index (χ3v) is 4.43. The third-order valence-electron chi connectivity index (χ3n) is 4.18. The molecule has 1 heterocycles. The summed E-state index contributed by atoms with van der Waals surface area (Å²) in [6.45, 7) is 6.35. The van der Waals surface area contributed by atoms with Crippen molar-refractivity contribution in [2.45, 2.75) is 57.7 Å². The number of ether oxygens (including phenoxy) is 1. The number of hydrogen-bond acceptors (Lipinski definition) is 4. The maximum Gasteiger partial charge on any atom is 0.306 e. The second-order valence-electron chi connectivity index (χ2n) is 7.53. The van der Waals surface area contributed by atoms with Crippen LogP contribution >= 0.6 is 11.6 Å². The summed E-state index contributed by atoms with van der Waals surface area (Å²) in [5, 5.41) is 3.77. The lowest BCUT2D eigenvalue weighted by Crippen LogP contribution is -2.39. The number of carbonyl (C=O) groups excluding carboxylic acids is 2. The van der Waals surface area contributed by atoms with Gasteiger partial charge in [0.2, 0.25) is 5.91 Å². The summed E-state index contributed by atoms with van der Waals surface area (Å²) in [5.74, 6) is -0.467. The highest BCUT2D eigenvalue weighted by Gasteiger charge is 2.34. The van der Waals surface area contributed by atoms with E-state index in [1.165, 1.54) is 0 Å². The van der Waals surface area contributed by atoms with Crippen LogP contribution in [0.15, 0.2) is 24.3 Å². The van der Waals surface area contributed by atoms with E-state index in [9.17, 15) is 9.59 Å². The zero-order chi connectivity index (χ0) is 18.6. The summed E-state index contributed by atoms with van der Waals surface area (Å²) < 4.78 is 5.24. The first-order chi connectivity index (χ1) is 11.7. The molecule has 0 spiro atoms. The monoisotopic (exact) mass is 366 g/mol. The second-order valence-corrected chi connectivity index (χ2v) is 7.96. The van der Waals surface area contributed by atoms with Crippen LogP contribution < -0.4 is 5.32 Å².